The van der Waals surface area contributed by atoms with Gasteiger partial charge in [0.15, 0.2) is 0 Å². The van der Waals surface area contributed by atoms with Gasteiger partial charge in [-0.15, -0.1) is 0 Å². The van der Waals surface area contributed by atoms with E-state index in [1.807, 2.05) is 0 Å². The monoisotopic (exact) mass is 439 g/mol. The van der Waals surface area contributed by atoms with E-state index in [1.54, 1.807) is 56.5 Å². The summed E-state index contributed by atoms with van der Waals surface area (Å²) in [6.07, 6.45) is 0.184. The number of carbonyl (C=O) groups is 4. The molecule has 2 aromatic carbocycles. The van der Waals surface area contributed by atoms with Crippen LogP contribution in [0.15, 0.2) is 48.5 Å². The molecule has 32 heavy (non-hydrogen) atoms. The molecule has 1 fully saturated rings. The molecule has 168 valence electrons. The van der Waals surface area contributed by atoms with Gasteiger partial charge < -0.3 is 20.1 Å². The van der Waals surface area contributed by atoms with E-state index in [0.717, 1.165) is 10.5 Å². The Kier molecular flexibility index (Phi) is 7.43. The number of carbonyl (C=O) groups excluding carboxylic acids is 4. The summed E-state index contributed by atoms with van der Waals surface area (Å²) in [7, 11) is 1.56. The zero-order chi connectivity index (χ0) is 23.1. The van der Waals surface area contributed by atoms with E-state index in [1.165, 1.54) is 6.07 Å². The van der Waals surface area contributed by atoms with Gasteiger partial charge in [-0.05, 0) is 49.2 Å². The van der Waals surface area contributed by atoms with Crippen LogP contribution in [0.1, 0.15) is 35.7 Å². The third kappa shape index (κ3) is 5.63. The number of urea groups is 1. The highest BCUT2D eigenvalue weighted by Crippen LogP contribution is 2.18. The molecule has 9 nitrogen and oxygen atoms in total. The van der Waals surface area contributed by atoms with Gasteiger partial charge in [0.25, 0.3) is 5.91 Å². The number of imide groups is 1. The highest BCUT2D eigenvalue weighted by atomic mass is 16.5. The normalized spacial score (nSPS) is 15.3. The van der Waals surface area contributed by atoms with Gasteiger partial charge in [0, 0.05) is 12.1 Å². The Morgan fingerprint density at radius 2 is 1.88 bits per heavy atom. The predicted octanol–water partition coefficient (Wildman–Crippen LogP) is 2.71. The molecule has 2 aromatic rings. The predicted molar refractivity (Wildman–Crippen MR) is 116 cm³/mol. The Morgan fingerprint density at radius 1 is 1.12 bits per heavy atom. The zero-order valence-electron chi connectivity index (χ0n) is 17.9. The number of methoxy groups -OCH3 is 1. The van der Waals surface area contributed by atoms with Crippen molar-refractivity contribution in [3.8, 4) is 5.75 Å². The molecule has 2 N–H and O–H groups in total. The second kappa shape index (κ2) is 10.4. The smallest absolute Gasteiger partial charge is 0.338 e. The third-order valence-electron chi connectivity index (χ3n) is 4.92. The standard InChI is InChI=1S/C23H25N3O6/c1-3-32-22(29)16-5-4-6-17(13-16)24-20(27)12-11-19-21(28)26(23(30)25-19)14-15-7-9-18(31-2)10-8-15/h4-10,13,19H,3,11-12,14H2,1-2H3,(H,24,27)(H,25,30). The van der Waals surface area contributed by atoms with Gasteiger partial charge in [0.2, 0.25) is 5.91 Å². The molecule has 9 heteroatoms. The van der Waals surface area contributed by atoms with Gasteiger partial charge in [-0.2, -0.15) is 0 Å². The molecular formula is C23H25N3O6. The molecular weight excluding hydrogens is 414 g/mol. The minimum Gasteiger partial charge on any atom is -0.497 e. The van der Waals surface area contributed by atoms with Crippen molar-refractivity contribution in [2.24, 2.45) is 0 Å². The highest BCUT2D eigenvalue weighted by molar-refractivity contribution is 6.04. The lowest BCUT2D eigenvalue weighted by atomic mass is 10.1. The number of amides is 4. The molecule has 0 aliphatic carbocycles. The molecule has 1 heterocycles. The van der Waals surface area contributed by atoms with Crippen LogP contribution in [0, 0.1) is 0 Å². The number of benzene rings is 2. The lowest BCUT2D eigenvalue weighted by Gasteiger charge is -2.13. The quantitative estimate of drug-likeness (QED) is 0.459. The second-order valence-electron chi connectivity index (χ2n) is 7.16. The molecule has 0 radical (unpaired) electrons. The summed E-state index contributed by atoms with van der Waals surface area (Å²) in [4.78, 5) is 50.1. The van der Waals surface area contributed by atoms with Crippen LogP contribution in [0.25, 0.3) is 0 Å². The van der Waals surface area contributed by atoms with Crippen molar-refractivity contribution in [1.29, 1.82) is 0 Å². The maximum Gasteiger partial charge on any atom is 0.338 e. The van der Waals surface area contributed by atoms with Gasteiger partial charge in [-0.3, -0.25) is 14.5 Å². The molecule has 1 atom stereocenters. The SMILES string of the molecule is CCOC(=O)c1cccc(NC(=O)CCC2NC(=O)N(Cc3ccc(OC)cc3)C2=O)c1. The number of anilines is 1. The van der Waals surface area contributed by atoms with Crippen LogP contribution in [0.5, 0.6) is 5.75 Å². The van der Waals surface area contributed by atoms with E-state index in [4.69, 9.17) is 9.47 Å². The van der Waals surface area contributed by atoms with Crippen molar-refractivity contribution < 1.29 is 28.7 Å². The van der Waals surface area contributed by atoms with E-state index >= 15 is 0 Å². The molecule has 1 aliphatic rings. The lowest BCUT2D eigenvalue weighted by Crippen LogP contribution is -2.31. The summed E-state index contributed by atoms with van der Waals surface area (Å²) < 4.78 is 10.1. The van der Waals surface area contributed by atoms with Gasteiger partial charge >= 0.3 is 12.0 Å². The van der Waals surface area contributed by atoms with Gasteiger partial charge in [0.1, 0.15) is 11.8 Å². The number of hydrogen-bond acceptors (Lipinski definition) is 6. The fraction of sp³-hybridized carbons (Fsp3) is 0.304. The topological polar surface area (TPSA) is 114 Å². The van der Waals surface area contributed by atoms with E-state index in [9.17, 15) is 19.2 Å². The van der Waals surface area contributed by atoms with Gasteiger partial charge in [0.05, 0.1) is 25.8 Å². The van der Waals surface area contributed by atoms with Crippen molar-refractivity contribution in [1.82, 2.24) is 10.2 Å². The summed E-state index contributed by atoms with van der Waals surface area (Å²) in [6, 6.07) is 12.2. The summed E-state index contributed by atoms with van der Waals surface area (Å²) >= 11 is 0. The Labute approximate surface area is 185 Å². The highest BCUT2D eigenvalue weighted by Gasteiger charge is 2.37. The van der Waals surface area contributed by atoms with Crippen LogP contribution in [-0.2, 0) is 20.9 Å². The van der Waals surface area contributed by atoms with Crippen LogP contribution in [0.4, 0.5) is 10.5 Å². The first-order chi connectivity index (χ1) is 15.4. The van der Waals surface area contributed by atoms with Crippen molar-refractivity contribution in [3.05, 3.63) is 59.7 Å². The largest absolute Gasteiger partial charge is 0.497 e. The Balaban J connectivity index is 1.52. The fourth-order valence-corrected chi connectivity index (χ4v) is 3.27. The summed E-state index contributed by atoms with van der Waals surface area (Å²) in [6.45, 7) is 2.11. The first kappa shape index (κ1) is 22.8. The van der Waals surface area contributed by atoms with E-state index in [-0.39, 0.29) is 37.8 Å². The number of ether oxygens (including phenoxy) is 2. The zero-order valence-corrected chi connectivity index (χ0v) is 17.9. The molecule has 1 unspecified atom stereocenters. The van der Waals surface area contributed by atoms with Gasteiger partial charge in [-0.25, -0.2) is 9.59 Å². The van der Waals surface area contributed by atoms with Crippen LogP contribution in [-0.4, -0.2) is 48.5 Å². The van der Waals surface area contributed by atoms with Crippen molar-refractivity contribution in [3.63, 3.8) is 0 Å². The lowest BCUT2D eigenvalue weighted by molar-refractivity contribution is -0.128. The number of esters is 1. The molecule has 1 saturated heterocycles. The number of nitrogens with one attached hydrogen (secondary N) is 2. The van der Waals surface area contributed by atoms with E-state index in [0.29, 0.717) is 17.0 Å². The molecule has 0 bridgehead atoms. The van der Waals surface area contributed by atoms with Crippen molar-refractivity contribution in [2.45, 2.75) is 32.4 Å². The van der Waals surface area contributed by atoms with E-state index in [2.05, 4.69) is 10.6 Å². The van der Waals surface area contributed by atoms with Crippen LogP contribution in [0.3, 0.4) is 0 Å². The molecule has 0 saturated carbocycles. The maximum atomic E-state index is 12.6. The van der Waals surface area contributed by atoms with Crippen LogP contribution < -0.4 is 15.4 Å². The minimum absolute atomic E-state index is 0.0245. The van der Waals surface area contributed by atoms with E-state index < -0.39 is 18.0 Å². The summed E-state index contributed by atoms with van der Waals surface area (Å²) in [5.74, 6) is -0.493. The Bertz CT molecular complexity index is 1010. The minimum atomic E-state index is -0.766. The average molecular weight is 439 g/mol. The summed E-state index contributed by atoms with van der Waals surface area (Å²) in [5, 5.41) is 5.32. The van der Waals surface area contributed by atoms with Crippen LogP contribution in [0.2, 0.25) is 0 Å². The average Bonchev–Trinajstić information content (AvgIpc) is 3.06. The number of hydrogen-bond donors (Lipinski definition) is 2. The fourth-order valence-electron chi connectivity index (χ4n) is 3.27. The summed E-state index contributed by atoms with van der Waals surface area (Å²) in [5.41, 5.74) is 1.56. The molecule has 1 aliphatic heterocycles. The molecule has 0 aromatic heterocycles. The molecule has 3 rings (SSSR count). The number of nitrogens with zero attached hydrogens (tertiary/aromatic N) is 1. The van der Waals surface area contributed by atoms with Crippen LogP contribution >= 0.6 is 0 Å². The molecule has 4 amide bonds. The van der Waals surface area contributed by atoms with Gasteiger partial charge in [-0.1, -0.05) is 18.2 Å². The molecule has 0 spiro atoms. The number of rotatable bonds is 9. The van der Waals surface area contributed by atoms with Crippen molar-refractivity contribution in [2.75, 3.05) is 19.0 Å². The first-order valence-electron chi connectivity index (χ1n) is 10.2. The Morgan fingerprint density at radius 3 is 2.56 bits per heavy atom. The first-order valence-corrected chi connectivity index (χ1v) is 10.2. The second-order valence-corrected chi connectivity index (χ2v) is 7.16. The third-order valence-corrected chi connectivity index (χ3v) is 4.92. The Hall–Kier alpha value is -3.88. The van der Waals surface area contributed by atoms with Crippen molar-refractivity contribution >= 4 is 29.5 Å². The maximum absolute atomic E-state index is 12.6.